The maximum absolute atomic E-state index is 13.0. The molecule has 0 saturated heterocycles. The van der Waals surface area contributed by atoms with E-state index >= 15 is 0 Å². The molecule has 0 unspecified atom stereocenters. The van der Waals surface area contributed by atoms with Crippen molar-refractivity contribution >= 4 is 39.1 Å². The Morgan fingerprint density at radius 2 is 1.89 bits per heavy atom. The van der Waals surface area contributed by atoms with Gasteiger partial charge in [-0.15, -0.1) is 11.3 Å². The SMILES string of the molecule is COc1ncccc1-c1ccc(S(=O)(=O)N(C)c2ccc(NC=O)cc2)s1. The summed E-state index contributed by atoms with van der Waals surface area (Å²) in [4.78, 5) is 15.4. The van der Waals surface area contributed by atoms with Crippen LogP contribution in [-0.2, 0) is 14.8 Å². The number of carbonyl (C=O) groups excluding carboxylic acids is 1. The second-order valence-corrected chi connectivity index (χ2v) is 8.74. The molecule has 27 heavy (non-hydrogen) atoms. The molecule has 3 rings (SSSR count). The van der Waals surface area contributed by atoms with E-state index in [0.717, 1.165) is 21.8 Å². The van der Waals surface area contributed by atoms with Gasteiger partial charge in [0.05, 0.1) is 18.4 Å². The van der Waals surface area contributed by atoms with Crippen molar-refractivity contribution in [1.29, 1.82) is 0 Å². The molecule has 1 amide bonds. The summed E-state index contributed by atoms with van der Waals surface area (Å²) in [5.41, 5.74) is 1.81. The Bertz CT molecular complexity index is 1050. The number of methoxy groups -OCH3 is 1. The van der Waals surface area contributed by atoms with Crippen molar-refractivity contribution in [3.8, 4) is 16.3 Å². The van der Waals surface area contributed by atoms with Crippen LogP contribution in [0.25, 0.3) is 10.4 Å². The van der Waals surface area contributed by atoms with E-state index in [1.165, 1.54) is 18.5 Å². The van der Waals surface area contributed by atoms with Crippen LogP contribution in [0, 0.1) is 0 Å². The van der Waals surface area contributed by atoms with E-state index in [1.807, 2.05) is 6.07 Å². The molecule has 0 spiro atoms. The van der Waals surface area contributed by atoms with E-state index in [9.17, 15) is 13.2 Å². The molecule has 140 valence electrons. The Hall–Kier alpha value is -2.91. The predicted octanol–water partition coefficient (Wildman–Crippen LogP) is 3.21. The van der Waals surface area contributed by atoms with E-state index in [4.69, 9.17) is 4.74 Å². The van der Waals surface area contributed by atoms with Crippen LogP contribution in [0.5, 0.6) is 5.88 Å². The van der Waals surface area contributed by atoms with Gasteiger partial charge in [0.25, 0.3) is 10.0 Å². The molecule has 0 atom stereocenters. The van der Waals surface area contributed by atoms with Crippen molar-refractivity contribution in [2.45, 2.75) is 4.21 Å². The Morgan fingerprint density at radius 1 is 1.15 bits per heavy atom. The van der Waals surface area contributed by atoms with Crippen LogP contribution in [0.4, 0.5) is 11.4 Å². The first-order valence-corrected chi connectivity index (χ1v) is 10.1. The average Bonchev–Trinajstić information content (AvgIpc) is 3.19. The number of nitrogens with zero attached hydrogens (tertiary/aromatic N) is 2. The van der Waals surface area contributed by atoms with Crippen LogP contribution in [0.1, 0.15) is 0 Å². The smallest absolute Gasteiger partial charge is 0.273 e. The highest BCUT2D eigenvalue weighted by molar-refractivity contribution is 7.94. The van der Waals surface area contributed by atoms with E-state index in [0.29, 0.717) is 23.7 Å². The third-order valence-electron chi connectivity index (χ3n) is 3.88. The molecule has 7 nitrogen and oxygen atoms in total. The molecule has 2 heterocycles. The molecular weight excluding hydrogens is 386 g/mol. The number of carbonyl (C=O) groups is 1. The Kier molecular flexibility index (Phi) is 5.43. The summed E-state index contributed by atoms with van der Waals surface area (Å²) in [5.74, 6) is 0.440. The quantitative estimate of drug-likeness (QED) is 0.612. The molecule has 0 saturated carbocycles. The van der Waals surface area contributed by atoms with Crippen molar-refractivity contribution < 1.29 is 17.9 Å². The summed E-state index contributed by atoms with van der Waals surface area (Å²) in [7, 11) is -0.714. The standard InChI is InChI=1S/C18H17N3O4S2/c1-21(14-7-5-13(6-8-14)20-12-22)27(23,24)17-10-9-16(26-17)15-4-3-11-19-18(15)25-2/h3-12H,1-2H3,(H,20,22). The van der Waals surface area contributed by atoms with Crippen LogP contribution < -0.4 is 14.4 Å². The molecule has 1 N–H and O–H groups in total. The Labute approximate surface area is 161 Å². The molecule has 9 heteroatoms. The van der Waals surface area contributed by atoms with Gasteiger partial charge in [-0.2, -0.15) is 0 Å². The van der Waals surface area contributed by atoms with Crippen LogP contribution in [-0.4, -0.2) is 34.0 Å². The lowest BCUT2D eigenvalue weighted by Crippen LogP contribution is -2.25. The molecule has 0 aliphatic rings. The van der Waals surface area contributed by atoms with Crippen molar-refractivity contribution in [1.82, 2.24) is 4.98 Å². The molecule has 0 radical (unpaired) electrons. The zero-order valence-corrected chi connectivity index (χ0v) is 16.3. The first kappa shape index (κ1) is 18.9. The minimum atomic E-state index is -3.72. The molecule has 0 fully saturated rings. The van der Waals surface area contributed by atoms with Crippen LogP contribution in [0.3, 0.4) is 0 Å². The maximum Gasteiger partial charge on any atom is 0.273 e. The number of hydrogen-bond acceptors (Lipinski definition) is 6. The van der Waals surface area contributed by atoms with E-state index in [-0.39, 0.29) is 4.21 Å². The van der Waals surface area contributed by atoms with Crippen LogP contribution >= 0.6 is 11.3 Å². The highest BCUT2D eigenvalue weighted by atomic mass is 32.2. The topological polar surface area (TPSA) is 88.6 Å². The van der Waals surface area contributed by atoms with Crippen LogP contribution in [0.15, 0.2) is 58.9 Å². The largest absolute Gasteiger partial charge is 0.481 e. The molecule has 1 aromatic carbocycles. The fraction of sp³-hybridized carbons (Fsp3) is 0.111. The highest BCUT2D eigenvalue weighted by Crippen LogP contribution is 2.36. The number of aromatic nitrogens is 1. The molecule has 0 aliphatic carbocycles. The minimum Gasteiger partial charge on any atom is -0.481 e. The van der Waals surface area contributed by atoms with E-state index in [2.05, 4.69) is 10.3 Å². The normalized spacial score (nSPS) is 11.0. The van der Waals surface area contributed by atoms with Crippen molar-refractivity contribution in [3.63, 3.8) is 0 Å². The van der Waals surface area contributed by atoms with Gasteiger partial charge in [0.1, 0.15) is 4.21 Å². The number of pyridine rings is 1. The fourth-order valence-electron chi connectivity index (χ4n) is 2.45. The Balaban J connectivity index is 1.91. The zero-order valence-electron chi connectivity index (χ0n) is 14.6. The lowest BCUT2D eigenvalue weighted by Gasteiger charge is -2.18. The highest BCUT2D eigenvalue weighted by Gasteiger charge is 2.24. The summed E-state index contributed by atoms with van der Waals surface area (Å²) in [6.07, 6.45) is 2.18. The van der Waals surface area contributed by atoms with Crippen molar-refractivity contribution in [2.24, 2.45) is 0 Å². The van der Waals surface area contributed by atoms with E-state index in [1.54, 1.807) is 48.7 Å². The van der Waals surface area contributed by atoms with Gasteiger partial charge in [0, 0.05) is 23.8 Å². The van der Waals surface area contributed by atoms with Gasteiger partial charge in [-0.3, -0.25) is 9.10 Å². The number of nitrogens with one attached hydrogen (secondary N) is 1. The van der Waals surface area contributed by atoms with Gasteiger partial charge in [-0.25, -0.2) is 13.4 Å². The lowest BCUT2D eigenvalue weighted by molar-refractivity contribution is -0.105. The minimum absolute atomic E-state index is 0.209. The second-order valence-electron chi connectivity index (χ2n) is 5.46. The van der Waals surface area contributed by atoms with Gasteiger partial charge in [-0.05, 0) is 48.5 Å². The zero-order chi connectivity index (χ0) is 19.4. The van der Waals surface area contributed by atoms with Crippen molar-refractivity contribution in [2.75, 3.05) is 23.8 Å². The van der Waals surface area contributed by atoms with Gasteiger partial charge in [-0.1, -0.05) is 0 Å². The number of amides is 1. The number of benzene rings is 1. The summed E-state index contributed by atoms with van der Waals surface area (Å²) in [5, 5.41) is 2.51. The molecular formula is C18H17N3O4S2. The molecule has 0 bridgehead atoms. The maximum atomic E-state index is 13.0. The number of thiophene rings is 1. The summed E-state index contributed by atoms with van der Waals surface area (Å²) < 4.78 is 32.6. The number of sulfonamides is 1. The lowest BCUT2D eigenvalue weighted by atomic mass is 10.2. The monoisotopic (exact) mass is 403 g/mol. The first-order valence-electron chi connectivity index (χ1n) is 7.86. The van der Waals surface area contributed by atoms with E-state index < -0.39 is 10.0 Å². The summed E-state index contributed by atoms with van der Waals surface area (Å²) >= 11 is 1.15. The fourth-order valence-corrected chi connectivity index (χ4v) is 5.14. The molecule has 2 aromatic heterocycles. The number of hydrogen-bond donors (Lipinski definition) is 1. The van der Waals surface area contributed by atoms with Gasteiger partial charge in [0.15, 0.2) is 0 Å². The third kappa shape index (κ3) is 3.79. The second kappa shape index (κ2) is 7.77. The molecule has 0 aliphatic heterocycles. The van der Waals surface area contributed by atoms with Crippen molar-refractivity contribution in [3.05, 3.63) is 54.7 Å². The Morgan fingerprint density at radius 3 is 2.56 bits per heavy atom. The first-order chi connectivity index (χ1) is 13.0. The number of anilines is 2. The number of rotatable bonds is 7. The number of ether oxygens (including phenoxy) is 1. The predicted molar refractivity (Wildman–Crippen MR) is 106 cm³/mol. The third-order valence-corrected chi connectivity index (χ3v) is 7.25. The van der Waals surface area contributed by atoms with Gasteiger partial charge < -0.3 is 10.1 Å². The van der Waals surface area contributed by atoms with Crippen LogP contribution in [0.2, 0.25) is 0 Å². The van der Waals surface area contributed by atoms with Gasteiger partial charge in [0.2, 0.25) is 12.3 Å². The van der Waals surface area contributed by atoms with Gasteiger partial charge >= 0.3 is 0 Å². The molecule has 3 aromatic rings. The summed E-state index contributed by atoms with van der Waals surface area (Å²) in [6.45, 7) is 0. The average molecular weight is 403 g/mol. The summed E-state index contributed by atoms with van der Waals surface area (Å²) in [6, 6.07) is 13.4.